The first kappa shape index (κ1) is 24.4. The van der Waals surface area contributed by atoms with Crippen molar-refractivity contribution < 1.29 is 0 Å². The van der Waals surface area contributed by atoms with E-state index < -0.39 is 5.69 Å². The van der Waals surface area contributed by atoms with Gasteiger partial charge in [0.25, 0.3) is 5.56 Å². The van der Waals surface area contributed by atoms with E-state index >= 15 is 0 Å². The third kappa shape index (κ3) is 4.38. The maximum atomic E-state index is 13.9. The average Bonchev–Trinajstić information content (AvgIpc) is 3.24. The summed E-state index contributed by atoms with van der Waals surface area (Å²) in [6.45, 7) is 8.05. The van der Waals surface area contributed by atoms with Gasteiger partial charge in [-0.05, 0) is 64.9 Å². The monoisotopic (exact) mass is 492 g/mol. The van der Waals surface area contributed by atoms with Crippen molar-refractivity contribution in [3.05, 3.63) is 55.3 Å². The maximum absolute atomic E-state index is 13.9. The summed E-state index contributed by atoms with van der Waals surface area (Å²) >= 11 is 0. The Morgan fingerprint density at radius 1 is 1.08 bits per heavy atom. The number of allylic oxidation sites excluding steroid dienone is 2. The molecular weight excluding hydrogens is 456 g/mol. The van der Waals surface area contributed by atoms with Gasteiger partial charge in [0, 0.05) is 44.1 Å². The van der Waals surface area contributed by atoms with Crippen LogP contribution >= 0.6 is 0 Å². The zero-order valence-electron chi connectivity index (χ0n) is 21.8. The van der Waals surface area contributed by atoms with Crippen LogP contribution in [-0.2, 0) is 33.0 Å². The molecule has 1 saturated heterocycles. The molecule has 10 nitrogen and oxygen atoms in total. The molecule has 2 N–H and O–H groups in total. The summed E-state index contributed by atoms with van der Waals surface area (Å²) in [5.74, 6) is 1.19. The Bertz CT molecular complexity index is 1460. The smallest absolute Gasteiger partial charge is 0.332 e. The molecule has 0 saturated carbocycles. The second-order valence-corrected chi connectivity index (χ2v) is 10.4. The molecule has 1 fully saturated rings. The Labute approximate surface area is 210 Å². The first-order chi connectivity index (χ1) is 17.2. The molecule has 0 radical (unpaired) electrons. The predicted octanol–water partition coefficient (Wildman–Crippen LogP) is 1.82. The molecule has 0 bridgehead atoms. The summed E-state index contributed by atoms with van der Waals surface area (Å²) in [4.78, 5) is 43.6. The number of hydrogen-bond donors (Lipinski definition) is 1. The Morgan fingerprint density at radius 2 is 1.86 bits per heavy atom. The molecule has 10 heteroatoms. The first-order valence-electron chi connectivity index (χ1n) is 12.9. The molecule has 0 amide bonds. The molecule has 2 aliphatic rings. The van der Waals surface area contributed by atoms with Crippen LogP contribution in [-0.4, -0.2) is 47.8 Å². The average molecular weight is 493 g/mol. The molecule has 1 atom stereocenters. The lowest BCUT2D eigenvalue weighted by molar-refractivity contribution is 0.495. The normalized spacial score (nSPS) is 17.9. The van der Waals surface area contributed by atoms with E-state index in [4.69, 9.17) is 15.7 Å². The number of anilines is 1. The molecule has 3 aromatic rings. The summed E-state index contributed by atoms with van der Waals surface area (Å²) in [6.07, 6.45) is 8.15. The van der Waals surface area contributed by atoms with Crippen molar-refractivity contribution >= 4 is 17.1 Å². The molecule has 36 heavy (non-hydrogen) atoms. The van der Waals surface area contributed by atoms with Gasteiger partial charge in [-0.3, -0.25) is 13.9 Å². The van der Waals surface area contributed by atoms with Crippen molar-refractivity contribution in [2.24, 2.45) is 12.8 Å². The quantitative estimate of drug-likeness (QED) is 0.540. The van der Waals surface area contributed by atoms with Crippen LogP contribution in [0.5, 0.6) is 0 Å². The second kappa shape index (κ2) is 9.65. The summed E-state index contributed by atoms with van der Waals surface area (Å²) in [5.41, 5.74) is 10.6. The van der Waals surface area contributed by atoms with Crippen molar-refractivity contribution in [2.45, 2.75) is 78.4 Å². The molecule has 192 valence electrons. The summed E-state index contributed by atoms with van der Waals surface area (Å²) in [7, 11) is 1.67. The number of rotatable bonds is 5. The minimum atomic E-state index is -0.416. The topological polar surface area (TPSA) is 117 Å². The van der Waals surface area contributed by atoms with Gasteiger partial charge in [0.1, 0.15) is 5.82 Å². The van der Waals surface area contributed by atoms with Crippen molar-refractivity contribution in [3.8, 4) is 0 Å². The lowest BCUT2D eigenvalue weighted by atomic mass is 9.95. The Morgan fingerprint density at radius 3 is 2.61 bits per heavy atom. The SMILES string of the molecule is CC(C)=CCn1c(N2CCC[C@@H](N)C2)nc2c1c(=O)n(Cc1nc(C)c3c(n1)CCCC3)c(=O)n2C. The van der Waals surface area contributed by atoms with Crippen LogP contribution in [0.15, 0.2) is 21.2 Å². The fraction of sp³-hybridized carbons (Fsp3) is 0.577. The Kier molecular flexibility index (Phi) is 6.55. The third-order valence-electron chi connectivity index (χ3n) is 7.37. The third-order valence-corrected chi connectivity index (χ3v) is 7.37. The van der Waals surface area contributed by atoms with E-state index in [1.54, 1.807) is 7.05 Å². The maximum Gasteiger partial charge on any atom is 0.332 e. The fourth-order valence-electron chi connectivity index (χ4n) is 5.44. The van der Waals surface area contributed by atoms with E-state index in [0.29, 0.717) is 36.0 Å². The van der Waals surface area contributed by atoms with Gasteiger partial charge in [-0.2, -0.15) is 4.98 Å². The number of imidazole rings is 1. The van der Waals surface area contributed by atoms with Crippen molar-refractivity contribution in [1.29, 1.82) is 0 Å². The van der Waals surface area contributed by atoms with Gasteiger partial charge in [0.05, 0.1) is 6.54 Å². The van der Waals surface area contributed by atoms with E-state index in [1.807, 2.05) is 25.3 Å². The van der Waals surface area contributed by atoms with Gasteiger partial charge >= 0.3 is 5.69 Å². The Hall–Kier alpha value is -3.27. The van der Waals surface area contributed by atoms with Gasteiger partial charge < -0.3 is 15.2 Å². The summed E-state index contributed by atoms with van der Waals surface area (Å²) in [6, 6.07) is 0.0559. The Balaban J connectivity index is 1.66. The van der Waals surface area contributed by atoms with Crippen LogP contribution in [0.25, 0.3) is 11.2 Å². The molecule has 0 aromatic carbocycles. The van der Waals surface area contributed by atoms with Crippen LogP contribution in [0, 0.1) is 6.92 Å². The molecule has 3 aromatic heterocycles. The minimum Gasteiger partial charge on any atom is -0.341 e. The summed E-state index contributed by atoms with van der Waals surface area (Å²) < 4.78 is 4.64. The molecule has 0 spiro atoms. The van der Waals surface area contributed by atoms with E-state index in [2.05, 4.69) is 16.0 Å². The first-order valence-corrected chi connectivity index (χ1v) is 12.9. The molecule has 1 aliphatic heterocycles. The number of nitrogens with zero attached hydrogens (tertiary/aromatic N) is 7. The van der Waals surface area contributed by atoms with Crippen molar-refractivity contribution in [2.75, 3.05) is 18.0 Å². The van der Waals surface area contributed by atoms with Crippen LogP contribution < -0.4 is 21.9 Å². The number of nitrogens with two attached hydrogens (primary N) is 1. The highest BCUT2D eigenvalue weighted by molar-refractivity contribution is 5.74. The standard InChI is InChI=1S/C26H36N8O2/c1-16(2)11-13-33-22-23(30-25(33)32-12-7-8-18(27)14-32)31(4)26(36)34(24(22)35)15-21-28-17(3)19-9-5-6-10-20(19)29-21/h11,18H,5-10,12-15,27H2,1-4H3/t18-/m1/s1. The highest BCUT2D eigenvalue weighted by Gasteiger charge is 2.26. The summed E-state index contributed by atoms with van der Waals surface area (Å²) in [5, 5.41) is 0. The minimum absolute atomic E-state index is 0.0350. The molecular formula is C26H36N8O2. The number of aryl methyl sites for hydroxylation is 3. The highest BCUT2D eigenvalue weighted by Crippen LogP contribution is 2.24. The lowest BCUT2D eigenvalue weighted by Crippen LogP contribution is -2.44. The number of piperidine rings is 1. The fourth-order valence-corrected chi connectivity index (χ4v) is 5.44. The molecule has 5 rings (SSSR count). The van der Waals surface area contributed by atoms with Crippen LogP contribution in [0.4, 0.5) is 5.95 Å². The highest BCUT2D eigenvalue weighted by atomic mass is 16.2. The van der Waals surface area contributed by atoms with Gasteiger partial charge in [-0.15, -0.1) is 0 Å². The van der Waals surface area contributed by atoms with E-state index in [9.17, 15) is 9.59 Å². The van der Waals surface area contributed by atoms with Crippen LogP contribution in [0.1, 0.15) is 62.3 Å². The van der Waals surface area contributed by atoms with Gasteiger partial charge in [0.2, 0.25) is 5.95 Å². The zero-order valence-corrected chi connectivity index (χ0v) is 21.8. The second-order valence-electron chi connectivity index (χ2n) is 10.4. The van der Waals surface area contributed by atoms with Gasteiger partial charge in [-0.1, -0.05) is 11.6 Å². The molecule has 4 heterocycles. The largest absolute Gasteiger partial charge is 0.341 e. The van der Waals surface area contributed by atoms with Crippen LogP contribution in [0.2, 0.25) is 0 Å². The lowest BCUT2D eigenvalue weighted by Gasteiger charge is -2.31. The van der Waals surface area contributed by atoms with Gasteiger partial charge in [0.15, 0.2) is 11.2 Å². The van der Waals surface area contributed by atoms with Crippen molar-refractivity contribution in [3.63, 3.8) is 0 Å². The van der Waals surface area contributed by atoms with E-state index in [0.717, 1.165) is 62.0 Å². The predicted molar refractivity (Wildman–Crippen MR) is 141 cm³/mol. The zero-order chi connectivity index (χ0) is 25.6. The number of fused-ring (bicyclic) bond motifs is 2. The van der Waals surface area contributed by atoms with Gasteiger partial charge in [-0.25, -0.2) is 14.8 Å². The number of aromatic nitrogens is 6. The van der Waals surface area contributed by atoms with Crippen molar-refractivity contribution in [1.82, 2.24) is 28.7 Å². The van der Waals surface area contributed by atoms with E-state index in [1.165, 1.54) is 14.7 Å². The molecule has 1 aliphatic carbocycles. The molecule has 0 unspecified atom stereocenters. The van der Waals surface area contributed by atoms with Crippen LogP contribution in [0.3, 0.4) is 0 Å². The number of hydrogen-bond acceptors (Lipinski definition) is 7. The van der Waals surface area contributed by atoms with E-state index in [-0.39, 0.29) is 18.1 Å².